The lowest BCUT2D eigenvalue weighted by molar-refractivity contribution is -0.136. The molecule has 1 aliphatic carbocycles. The lowest BCUT2D eigenvalue weighted by atomic mass is 9.92. The Morgan fingerprint density at radius 3 is 2.58 bits per heavy atom. The van der Waals surface area contributed by atoms with Gasteiger partial charge < -0.3 is 9.67 Å². The van der Waals surface area contributed by atoms with Crippen LogP contribution < -0.4 is 5.32 Å². The summed E-state index contributed by atoms with van der Waals surface area (Å²) in [5.41, 5.74) is 0.657. The number of fused-ring (bicyclic) bond motifs is 1. The molecule has 1 aromatic heterocycles. The second-order valence-electron chi connectivity index (χ2n) is 8.15. The van der Waals surface area contributed by atoms with Gasteiger partial charge in [-0.05, 0) is 30.7 Å². The van der Waals surface area contributed by atoms with E-state index in [1.54, 1.807) is 10.6 Å². The molecule has 1 aromatic carbocycles. The molecule has 1 aliphatic rings. The van der Waals surface area contributed by atoms with Crippen molar-refractivity contribution in [2.24, 2.45) is 5.41 Å². The molecule has 0 bridgehead atoms. The topological polar surface area (TPSA) is 84.2 Å². The van der Waals surface area contributed by atoms with Gasteiger partial charge in [0.25, 0.3) is 0 Å². The molecule has 0 spiro atoms. The van der Waals surface area contributed by atoms with Gasteiger partial charge in [-0.1, -0.05) is 26.8 Å². The fraction of sp³-hybridized carbons (Fsp3) is 0.526. The summed E-state index contributed by atoms with van der Waals surface area (Å²) in [6.07, 6.45) is 2.75. The highest BCUT2D eigenvalue weighted by molar-refractivity contribution is 5.92. The van der Waals surface area contributed by atoms with E-state index in [4.69, 9.17) is 5.11 Å². The first kappa shape index (κ1) is 18.4. The Morgan fingerprint density at radius 1 is 1.35 bits per heavy atom. The zero-order chi connectivity index (χ0) is 19.1. The van der Waals surface area contributed by atoms with Crippen LogP contribution in [0.2, 0.25) is 0 Å². The summed E-state index contributed by atoms with van der Waals surface area (Å²) < 4.78 is 16.7. The zero-order valence-corrected chi connectivity index (χ0v) is 15.3. The number of hydrogen-bond donors (Lipinski definition) is 2. The lowest BCUT2D eigenvalue weighted by Crippen LogP contribution is -2.24. The molecule has 1 saturated carbocycles. The number of carbonyl (C=O) groups excluding carboxylic acids is 1. The zero-order valence-electron chi connectivity index (χ0n) is 15.3. The van der Waals surface area contributed by atoms with E-state index < -0.39 is 11.8 Å². The third kappa shape index (κ3) is 3.71. The molecule has 0 radical (unpaired) electrons. The van der Waals surface area contributed by atoms with E-state index in [-0.39, 0.29) is 34.9 Å². The highest BCUT2D eigenvalue weighted by Crippen LogP contribution is 2.38. The monoisotopic (exact) mass is 361 g/mol. The van der Waals surface area contributed by atoms with Crippen LogP contribution in [0.15, 0.2) is 12.1 Å². The average Bonchev–Trinajstić information content (AvgIpc) is 2.77. The number of imidazole rings is 1. The van der Waals surface area contributed by atoms with Crippen LogP contribution in [-0.2, 0) is 16.0 Å². The van der Waals surface area contributed by atoms with Crippen molar-refractivity contribution in [2.75, 3.05) is 5.32 Å². The predicted molar refractivity (Wildman–Crippen MR) is 96.6 cm³/mol. The van der Waals surface area contributed by atoms with Crippen molar-refractivity contribution in [3.05, 3.63) is 23.5 Å². The molecule has 0 saturated heterocycles. The molecule has 6 nitrogen and oxygen atoms in total. The maximum Gasteiger partial charge on any atom is 0.307 e. The number of anilines is 1. The number of nitrogens with zero attached hydrogens (tertiary/aromatic N) is 2. The predicted octanol–water partition coefficient (Wildman–Crippen LogP) is 3.90. The molecule has 140 valence electrons. The minimum atomic E-state index is -1.09. The highest BCUT2D eigenvalue weighted by Gasteiger charge is 2.28. The summed E-state index contributed by atoms with van der Waals surface area (Å²) >= 11 is 0. The van der Waals surface area contributed by atoms with Crippen molar-refractivity contribution in [3.63, 3.8) is 0 Å². The molecule has 2 N–H and O–H groups in total. The van der Waals surface area contributed by atoms with Crippen LogP contribution in [0.5, 0.6) is 0 Å². The van der Waals surface area contributed by atoms with E-state index in [0.717, 1.165) is 19.3 Å². The number of aliphatic carboxylic acids is 1. The first-order valence-corrected chi connectivity index (χ1v) is 8.86. The number of aromatic nitrogens is 2. The molecular weight excluding hydrogens is 337 g/mol. The number of amides is 1. The maximum absolute atomic E-state index is 15.0. The second-order valence-corrected chi connectivity index (χ2v) is 8.15. The summed E-state index contributed by atoms with van der Waals surface area (Å²) in [4.78, 5) is 27.7. The quantitative estimate of drug-likeness (QED) is 0.846. The Kier molecular flexibility index (Phi) is 4.73. The largest absolute Gasteiger partial charge is 0.481 e. The van der Waals surface area contributed by atoms with Gasteiger partial charge in [-0.15, -0.1) is 0 Å². The minimum Gasteiger partial charge on any atom is -0.481 e. The number of halogens is 1. The minimum absolute atomic E-state index is 0.0690. The SMILES string of the molecule is CC(C)(C)CC(=O)Nc1nc2ccc(CC(=O)O)c(F)c2n1C1CCC1. The Morgan fingerprint density at radius 2 is 2.04 bits per heavy atom. The number of carbonyl (C=O) groups is 2. The van der Waals surface area contributed by atoms with E-state index in [1.165, 1.54) is 6.07 Å². The molecule has 2 aromatic rings. The molecule has 0 unspecified atom stereocenters. The van der Waals surface area contributed by atoms with Crippen LogP contribution in [-0.4, -0.2) is 26.5 Å². The van der Waals surface area contributed by atoms with Gasteiger partial charge in [0.2, 0.25) is 11.9 Å². The van der Waals surface area contributed by atoms with Crippen molar-refractivity contribution < 1.29 is 19.1 Å². The van der Waals surface area contributed by atoms with Crippen LogP contribution >= 0.6 is 0 Å². The Bertz CT molecular complexity index is 863. The van der Waals surface area contributed by atoms with Gasteiger partial charge in [-0.2, -0.15) is 0 Å². The second kappa shape index (κ2) is 6.70. The number of rotatable bonds is 5. The Labute approximate surface area is 151 Å². The van der Waals surface area contributed by atoms with Crippen molar-refractivity contribution in [3.8, 4) is 0 Å². The first-order valence-electron chi connectivity index (χ1n) is 8.86. The fourth-order valence-electron chi connectivity index (χ4n) is 3.23. The average molecular weight is 361 g/mol. The number of hydrogen-bond acceptors (Lipinski definition) is 3. The third-order valence-corrected chi connectivity index (χ3v) is 4.59. The van der Waals surface area contributed by atoms with Gasteiger partial charge in [0, 0.05) is 18.0 Å². The summed E-state index contributed by atoms with van der Waals surface area (Å²) in [6, 6.07) is 3.13. The number of nitrogens with one attached hydrogen (secondary N) is 1. The number of benzene rings is 1. The molecule has 1 fully saturated rings. The van der Waals surface area contributed by atoms with Gasteiger partial charge >= 0.3 is 5.97 Å². The fourth-order valence-corrected chi connectivity index (χ4v) is 3.23. The summed E-state index contributed by atoms with van der Waals surface area (Å²) in [6.45, 7) is 5.91. The molecule has 1 heterocycles. The Hall–Kier alpha value is -2.44. The maximum atomic E-state index is 15.0. The molecule has 1 amide bonds. The van der Waals surface area contributed by atoms with Crippen LogP contribution in [0.25, 0.3) is 11.0 Å². The van der Waals surface area contributed by atoms with Crippen LogP contribution in [0.4, 0.5) is 10.3 Å². The summed E-state index contributed by atoms with van der Waals surface area (Å²) in [5.74, 6) is -1.48. The normalized spacial score (nSPS) is 15.1. The molecular formula is C19H24FN3O3. The van der Waals surface area contributed by atoms with Gasteiger partial charge in [0.15, 0.2) is 5.82 Å². The van der Waals surface area contributed by atoms with E-state index >= 15 is 0 Å². The van der Waals surface area contributed by atoms with E-state index in [0.29, 0.717) is 17.9 Å². The molecule has 0 aliphatic heterocycles. The highest BCUT2D eigenvalue weighted by atomic mass is 19.1. The van der Waals surface area contributed by atoms with E-state index in [2.05, 4.69) is 10.3 Å². The third-order valence-electron chi connectivity index (χ3n) is 4.59. The van der Waals surface area contributed by atoms with Gasteiger partial charge in [-0.25, -0.2) is 9.37 Å². The van der Waals surface area contributed by atoms with Crippen LogP contribution in [0.1, 0.15) is 58.1 Å². The smallest absolute Gasteiger partial charge is 0.307 e. The first-order chi connectivity index (χ1) is 12.2. The lowest BCUT2D eigenvalue weighted by Gasteiger charge is -2.29. The van der Waals surface area contributed by atoms with Crippen molar-refractivity contribution >= 4 is 28.9 Å². The van der Waals surface area contributed by atoms with Crippen LogP contribution in [0, 0.1) is 11.2 Å². The van der Waals surface area contributed by atoms with E-state index in [1.807, 2.05) is 20.8 Å². The van der Waals surface area contributed by atoms with Gasteiger partial charge in [-0.3, -0.25) is 14.9 Å². The number of carboxylic acids is 1. The summed E-state index contributed by atoms with van der Waals surface area (Å²) in [5, 5.41) is 11.8. The Balaban J connectivity index is 2.04. The van der Waals surface area contributed by atoms with Crippen molar-refractivity contribution in [1.82, 2.24) is 9.55 Å². The number of carboxylic acid groups (broad SMARTS) is 1. The molecule has 3 rings (SSSR count). The molecule has 7 heteroatoms. The van der Waals surface area contributed by atoms with Gasteiger partial charge in [0.05, 0.1) is 11.9 Å². The molecule has 0 atom stereocenters. The van der Waals surface area contributed by atoms with Crippen molar-refractivity contribution in [1.29, 1.82) is 0 Å². The standard InChI is InChI=1S/C19H24FN3O3/c1-19(2,3)10-14(24)22-18-21-13-8-7-11(9-15(25)26)16(20)17(13)23(18)12-5-4-6-12/h7-8,12H,4-6,9-10H2,1-3H3,(H,25,26)(H,21,22,24). The summed E-state index contributed by atoms with van der Waals surface area (Å²) in [7, 11) is 0. The van der Waals surface area contributed by atoms with E-state index in [9.17, 15) is 14.0 Å². The molecule has 26 heavy (non-hydrogen) atoms. The van der Waals surface area contributed by atoms with Crippen LogP contribution in [0.3, 0.4) is 0 Å². The van der Waals surface area contributed by atoms with Gasteiger partial charge in [0.1, 0.15) is 5.52 Å². The van der Waals surface area contributed by atoms with Crippen molar-refractivity contribution in [2.45, 2.75) is 58.9 Å².